The van der Waals surface area contributed by atoms with Crippen LogP contribution in [-0.2, 0) is 14.2 Å². The largest absolute Gasteiger partial charge is 0.394 e. The molecule has 0 aromatic rings. The van der Waals surface area contributed by atoms with Gasteiger partial charge in [0.25, 0.3) is 0 Å². The molecule has 2 heterocycles. The number of fused-ring (bicyclic) bond motifs is 7. The molecule has 0 radical (unpaired) electrons. The van der Waals surface area contributed by atoms with Gasteiger partial charge in [0, 0.05) is 0 Å². The van der Waals surface area contributed by atoms with Gasteiger partial charge in [-0.1, -0.05) is 53.2 Å². The molecular formula is C39H64O9. The molecule has 7 aliphatic rings. The number of rotatable bonds is 4. The minimum absolute atomic E-state index is 0.0150. The highest BCUT2D eigenvalue weighted by Gasteiger charge is 2.65. The molecule has 7 rings (SSSR count). The van der Waals surface area contributed by atoms with Gasteiger partial charge in [0.15, 0.2) is 6.29 Å². The quantitative estimate of drug-likeness (QED) is 0.244. The topological polar surface area (TPSA) is 149 Å². The number of allylic oxidation sites excluding steroid dienone is 2. The lowest BCUT2D eigenvalue weighted by Crippen LogP contribution is -2.66. The van der Waals surface area contributed by atoms with E-state index in [1.807, 2.05) is 0 Å². The SMILES string of the molecule is CC1(C)C=C2C3CCC4C(CCC5C(C)(C)[C@@H](C6OC[C@@H](O)[C@H](O)[C@H]6O[C@@H]6O[C@H](CO)[C@@H](O)[C@H](O)[C@H]6O)CC[C@@]45C)[C@]3(C)CC[C@H]2CC1. The Kier molecular flexibility index (Phi) is 9.32. The molecule has 0 amide bonds. The van der Waals surface area contributed by atoms with E-state index in [0.29, 0.717) is 28.6 Å². The van der Waals surface area contributed by atoms with Crippen LogP contribution in [0.2, 0.25) is 0 Å². The van der Waals surface area contributed by atoms with Crippen LogP contribution < -0.4 is 0 Å². The molecule has 9 nitrogen and oxygen atoms in total. The minimum atomic E-state index is -1.60. The first kappa shape index (κ1) is 35.8. The highest BCUT2D eigenvalue weighted by atomic mass is 16.7. The predicted octanol–water partition coefficient (Wildman–Crippen LogP) is 3.95. The molecular weight excluding hydrogens is 612 g/mol. The Morgan fingerprint density at radius 3 is 2.12 bits per heavy atom. The van der Waals surface area contributed by atoms with Gasteiger partial charge in [-0.2, -0.15) is 0 Å². The summed E-state index contributed by atoms with van der Waals surface area (Å²) < 4.78 is 18.3. The van der Waals surface area contributed by atoms with Crippen molar-refractivity contribution in [2.24, 2.45) is 57.2 Å². The third-order valence-corrected chi connectivity index (χ3v) is 15.8. The van der Waals surface area contributed by atoms with Crippen LogP contribution in [-0.4, -0.2) is 99.0 Å². The fraction of sp³-hybridized carbons (Fsp3) is 0.949. The molecule has 0 aromatic carbocycles. The molecule has 17 atom stereocenters. The van der Waals surface area contributed by atoms with Crippen LogP contribution in [0.15, 0.2) is 11.6 Å². The third-order valence-electron chi connectivity index (χ3n) is 15.8. The molecule has 2 saturated heterocycles. The zero-order valence-electron chi connectivity index (χ0n) is 30.1. The second-order valence-electron chi connectivity index (χ2n) is 19.0. The summed E-state index contributed by atoms with van der Waals surface area (Å²) in [6.07, 6.45) is 3.67. The van der Waals surface area contributed by atoms with Gasteiger partial charge in [-0.05, 0) is 121 Å². The van der Waals surface area contributed by atoms with Gasteiger partial charge in [0.05, 0.1) is 19.3 Å². The van der Waals surface area contributed by atoms with Gasteiger partial charge in [-0.15, -0.1) is 0 Å². The van der Waals surface area contributed by atoms with Gasteiger partial charge in [0.2, 0.25) is 0 Å². The van der Waals surface area contributed by atoms with Crippen molar-refractivity contribution in [1.29, 1.82) is 0 Å². The molecule has 9 heteroatoms. The Labute approximate surface area is 287 Å². The first-order chi connectivity index (χ1) is 22.5. The van der Waals surface area contributed by atoms with Crippen molar-refractivity contribution in [3.63, 3.8) is 0 Å². The average molecular weight is 677 g/mol. The molecule has 6 fully saturated rings. The second kappa shape index (κ2) is 12.5. The van der Waals surface area contributed by atoms with E-state index in [0.717, 1.165) is 31.1 Å². The smallest absolute Gasteiger partial charge is 0.187 e. The fourth-order valence-corrected chi connectivity index (χ4v) is 13.2. The fourth-order valence-electron chi connectivity index (χ4n) is 13.2. The van der Waals surface area contributed by atoms with Gasteiger partial charge in [0.1, 0.15) is 42.7 Å². The van der Waals surface area contributed by atoms with Crippen molar-refractivity contribution in [2.75, 3.05) is 13.2 Å². The molecule has 5 aliphatic carbocycles. The van der Waals surface area contributed by atoms with Gasteiger partial charge in [-0.25, -0.2) is 0 Å². The molecule has 274 valence electrons. The molecule has 6 N–H and O–H groups in total. The average Bonchev–Trinajstić information content (AvgIpc) is 3.03. The summed E-state index contributed by atoms with van der Waals surface area (Å²) in [5.41, 5.74) is 2.49. The summed E-state index contributed by atoms with van der Waals surface area (Å²) in [5, 5.41) is 63.2. The van der Waals surface area contributed by atoms with Crippen molar-refractivity contribution in [2.45, 2.75) is 161 Å². The Hall–Kier alpha value is -0.620. The normalized spacial score (nSPS) is 54.6. The first-order valence-electron chi connectivity index (χ1n) is 19.2. The number of ether oxygens (including phenoxy) is 3. The predicted molar refractivity (Wildman–Crippen MR) is 179 cm³/mol. The lowest BCUT2D eigenvalue weighted by Gasteiger charge is -2.68. The molecule has 0 bridgehead atoms. The molecule has 4 saturated carbocycles. The van der Waals surface area contributed by atoms with Crippen LogP contribution in [0.1, 0.15) is 106 Å². The van der Waals surface area contributed by atoms with Gasteiger partial charge < -0.3 is 44.8 Å². The second-order valence-corrected chi connectivity index (χ2v) is 19.0. The molecule has 48 heavy (non-hydrogen) atoms. The maximum absolute atomic E-state index is 11.3. The first-order valence-corrected chi connectivity index (χ1v) is 19.2. The third kappa shape index (κ3) is 5.51. The van der Waals surface area contributed by atoms with Gasteiger partial charge >= 0.3 is 0 Å². The van der Waals surface area contributed by atoms with Crippen LogP contribution in [0.5, 0.6) is 0 Å². The van der Waals surface area contributed by atoms with Crippen molar-refractivity contribution >= 4 is 0 Å². The molecule has 5 unspecified atom stereocenters. The van der Waals surface area contributed by atoms with Crippen LogP contribution >= 0.6 is 0 Å². The lowest BCUT2D eigenvalue weighted by molar-refractivity contribution is -0.342. The van der Waals surface area contributed by atoms with Crippen LogP contribution in [0.3, 0.4) is 0 Å². The van der Waals surface area contributed by atoms with E-state index in [1.165, 1.54) is 44.9 Å². The highest BCUT2D eigenvalue weighted by Crippen LogP contribution is 2.71. The Morgan fingerprint density at radius 1 is 0.729 bits per heavy atom. The maximum atomic E-state index is 11.3. The zero-order chi connectivity index (χ0) is 34.6. The van der Waals surface area contributed by atoms with Crippen molar-refractivity contribution < 1.29 is 44.8 Å². The highest BCUT2D eigenvalue weighted by molar-refractivity contribution is 5.26. The summed E-state index contributed by atoms with van der Waals surface area (Å²) in [6, 6.07) is 0. The van der Waals surface area contributed by atoms with E-state index in [1.54, 1.807) is 5.57 Å². The number of hydrogen-bond acceptors (Lipinski definition) is 9. The summed E-state index contributed by atoms with van der Waals surface area (Å²) in [7, 11) is 0. The van der Waals surface area contributed by atoms with Crippen LogP contribution in [0.25, 0.3) is 0 Å². The number of hydrogen-bond donors (Lipinski definition) is 6. The lowest BCUT2D eigenvalue weighted by atomic mass is 9.37. The summed E-state index contributed by atoms with van der Waals surface area (Å²) in [5.74, 6) is 3.37. The van der Waals surface area contributed by atoms with E-state index < -0.39 is 61.7 Å². The monoisotopic (exact) mass is 676 g/mol. The van der Waals surface area contributed by atoms with Crippen molar-refractivity contribution in [1.82, 2.24) is 0 Å². The Balaban J connectivity index is 1.13. The summed E-state index contributed by atoms with van der Waals surface area (Å²) in [4.78, 5) is 0. The van der Waals surface area contributed by atoms with E-state index in [9.17, 15) is 30.6 Å². The Morgan fingerprint density at radius 2 is 1.40 bits per heavy atom. The zero-order valence-corrected chi connectivity index (χ0v) is 30.1. The van der Waals surface area contributed by atoms with Crippen LogP contribution in [0, 0.1) is 57.2 Å². The molecule has 0 spiro atoms. The van der Waals surface area contributed by atoms with E-state index in [4.69, 9.17) is 14.2 Å². The van der Waals surface area contributed by atoms with E-state index in [2.05, 4.69) is 47.6 Å². The summed E-state index contributed by atoms with van der Waals surface area (Å²) in [6.45, 7) is 14.2. The molecule has 0 aromatic heterocycles. The molecule has 2 aliphatic heterocycles. The Bertz CT molecular complexity index is 1220. The van der Waals surface area contributed by atoms with Crippen molar-refractivity contribution in [3.05, 3.63) is 11.6 Å². The maximum Gasteiger partial charge on any atom is 0.187 e. The summed E-state index contributed by atoms with van der Waals surface area (Å²) >= 11 is 0. The van der Waals surface area contributed by atoms with E-state index >= 15 is 0 Å². The standard InChI is InChI=1S/C39H64O9/c1-36(2)14-11-20-12-15-38(5)22(21(20)17-36)7-8-24-23(38)9-10-28-37(3,4)25(13-16-39(24,28)6)33-34(29(42)26(41)19-46-33)48-35-32(45)31(44)30(43)27(18-40)47-35/h17,20,22-35,40-45H,7-16,18-19H2,1-6H3/t20-,22?,23?,24?,25-,26-,27-,28?,29+,30-,31+,32-,33?,34-,35+,38-,39+/m1/s1. The van der Waals surface area contributed by atoms with Gasteiger partial charge in [-0.3, -0.25) is 0 Å². The van der Waals surface area contributed by atoms with Crippen molar-refractivity contribution in [3.8, 4) is 0 Å². The number of aliphatic hydroxyl groups excluding tert-OH is 6. The number of aliphatic hydroxyl groups is 6. The van der Waals surface area contributed by atoms with Crippen LogP contribution in [0.4, 0.5) is 0 Å². The van der Waals surface area contributed by atoms with E-state index in [-0.39, 0.29) is 23.4 Å². The minimum Gasteiger partial charge on any atom is -0.394 e.